The zero-order valence-electron chi connectivity index (χ0n) is 2.49. The minimum atomic E-state index is 0. The second-order valence-corrected chi connectivity index (χ2v) is 1.79. The Morgan fingerprint density at radius 1 is 1.75 bits per heavy atom. The lowest BCUT2D eigenvalue weighted by Crippen LogP contribution is -1.33. The molecule has 0 nitrogen and oxygen atoms in total. The first-order valence-electron chi connectivity index (χ1n) is 0.974. The maximum absolute atomic E-state index is 2.29. The van der Waals surface area contributed by atoms with Crippen LogP contribution >= 0.6 is 22.6 Å². The van der Waals surface area contributed by atoms with Gasteiger partial charge in [-0.15, -0.1) is 0 Å². The number of rotatable bonds is 0. The van der Waals surface area contributed by atoms with E-state index in [1.807, 2.05) is 0 Å². The third-order valence-electron chi connectivity index (χ3n) is 0. The highest BCUT2D eigenvalue weighted by Crippen LogP contribution is 1.69. The molecule has 0 atom stereocenters. The van der Waals surface area contributed by atoms with Crippen molar-refractivity contribution in [2.24, 2.45) is 0 Å². The van der Waals surface area contributed by atoms with Crippen molar-refractivity contribution in [3.8, 4) is 0 Å². The molecule has 2 heteroatoms. The highest BCUT2D eigenvalue weighted by atomic mass is 127. The van der Waals surface area contributed by atoms with E-state index >= 15 is 0 Å². The lowest BCUT2D eigenvalue weighted by molar-refractivity contribution is 1.11. The van der Waals surface area contributed by atoms with Crippen LogP contribution in [0.15, 0.2) is 0 Å². The molecule has 4 heavy (non-hydrogen) atoms. The first-order valence-corrected chi connectivity index (χ1v) is 2.50. The Labute approximate surface area is 39.1 Å². The molecule has 0 spiro atoms. The van der Waals surface area contributed by atoms with Crippen molar-refractivity contribution in [2.45, 2.75) is 6.92 Å². The molecule has 0 N–H and O–H groups in total. The van der Waals surface area contributed by atoms with E-state index in [2.05, 4.69) is 29.5 Å². The summed E-state index contributed by atoms with van der Waals surface area (Å²) in [5.74, 6) is 0. The maximum atomic E-state index is 2.29. The largest absolute Gasteiger partial charge is 0.269 e. The van der Waals surface area contributed by atoms with Gasteiger partial charge in [-0.3, -0.25) is 4.70 Å². The van der Waals surface area contributed by atoms with E-state index in [9.17, 15) is 0 Å². The lowest BCUT2D eigenvalue weighted by Gasteiger charge is -1.45. The minimum absolute atomic E-state index is 0. The number of halogens is 2. The van der Waals surface area contributed by atoms with E-state index in [1.54, 1.807) is 0 Å². The molecule has 0 fully saturated rings. The lowest BCUT2D eigenvalue weighted by atomic mass is 11.0. The maximum Gasteiger partial charge on any atom is -0.00332 e. The fourth-order valence-electron chi connectivity index (χ4n) is 0. The van der Waals surface area contributed by atoms with E-state index < -0.39 is 0 Å². The predicted molar refractivity (Wildman–Crippen MR) is 27.1 cm³/mol. The molecular formula is C2H6FI. The number of alkyl halides is 1. The fourth-order valence-corrected chi connectivity index (χ4v) is 0. The molecule has 0 heterocycles. The second kappa shape index (κ2) is 9.40. The molecule has 0 rings (SSSR count). The summed E-state index contributed by atoms with van der Waals surface area (Å²) in [5, 5.41) is 0. The van der Waals surface area contributed by atoms with Crippen LogP contribution in [0.4, 0.5) is 4.70 Å². The summed E-state index contributed by atoms with van der Waals surface area (Å²) in [6.07, 6.45) is 0. The Morgan fingerprint density at radius 3 is 1.75 bits per heavy atom. The van der Waals surface area contributed by atoms with Crippen molar-refractivity contribution >= 4 is 22.6 Å². The van der Waals surface area contributed by atoms with E-state index in [1.165, 1.54) is 4.43 Å². The predicted octanol–water partition coefficient (Wildman–Crippen LogP) is 1.59. The van der Waals surface area contributed by atoms with Gasteiger partial charge in [0.1, 0.15) is 0 Å². The van der Waals surface area contributed by atoms with Crippen LogP contribution in [0, 0.1) is 0 Å². The van der Waals surface area contributed by atoms with Crippen LogP contribution in [-0.2, 0) is 0 Å². The Balaban J connectivity index is 0. The fraction of sp³-hybridized carbons (Fsp3) is 1.00. The molecule has 0 radical (unpaired) electrons. The second-order valence-electron chi connectivity index (χ2n) is 0.267. The molecule has 0 aromatic heterocycles. The highest BCUT2D eigenvalue weighted by Gasteiger charge is 1.38. The zero-order valence-corrected chi connectivity index (χ0v) is 4.65. The molecule has 0 aliphatic heterocycles. The first-order chi connectivity index (χ1) is 1.41. The molecule has 0 aliphatic carbocycles. The van der Waals surface area contributed by atoms with Gasteiger partial charge in [0.25, 0.3) is 0 Å². The van der Waals surface area contributed by atoms with Gasteiger partial charge in [0, 0.05) is 0 Å². The van der Waals surface area contributed by atoms with Gasteiger partial charge in [0.2, 0.25) is 0 Å². The van der Waals surface area contributed by atoms with Crippen LogP contribution < -0.4 is 0 Å². The van der Waals surface area contributed by atoms with Gasteiger partial charge in [-0.1, -0.05) is 29.5 Å². The normalized spacial score (nSPS) is 4.50. The summed E-state index contributed by atoms with van der Waals surface area (Å²) in [4.78, 5) is 0. The third-order valence-corrected chi connectivity index (χ3v) is 0. The molecule has 0 aliphatic rings. The van der Waals surface area contributed by atoms with Crippen LogP contribution in [0.5, 0.6) is 0 Å². The van der Waals surface area contributed by atoms with E-state index in [-0.39, 0.29) is 4.70 Å². The monoisotopic (exact) mass is 176 g/mol. The van der Waals surface area contributed by atoms with Crippen LogP contribution in [0.1, 0.15) is 6.92 Å². The minimum Gasteiger partial charge on any atom is -0.269 e. The smallest absolute Gasteiger partial charge is 0.00332 e. The molecule has 0 amide bonds. The molecule has 0 bridgehead atoms. The van der Waals surface area contributed by atoms with E-state index in [0.717, 1.165) is 0 Å². The summed E-state index contributed by atoms with van der Waals surface area (Å²) in [5.41, 5.74) is 0. The number of hydrogen-bond acceptors (Lipinski definition) is 0. The Kier molecular flexibility index (Phi) is 20.7. The first kappa shape index (κ1) is 8.82. The van der Waals surface area contributed by atoms with Crippen molar-refractivity contribution in [3.63, 3.8) is 0 Å². The van der Waals surface area contributed by atoms with E-state index in [0.29, 0.717) is 0 Å². The molecule has 0 aromatic rings. The molecule has 0 saturated heterocycles. The van der Waals surface area contributed by atoms with Crippen LogP contribution in [0.3, 0.4) is 0 Å². The molecule has 0 saturated carbocycles. The summed E-state index contributed by atoms with van der Waals surface area (Å²) in [7, 11) is 0. The Hall–Kier alpha value is 0.660. The van der Waals surface area contributed by atoms with Crippen molar-refractivity contribution < 1.29 is 4.70 Å². The van der Waals surface area contributed by atoms with Gasteiger partial charge in [-0.25, -0.2) is 0 Å². The highest BCUT2D eigenvalue weighted by molar-refractivity contribution is 14.1. The van der Waals surface area contributed by atoms with E-state index in [4.69, 9.17) is 0 Å². The SMILES string of the molecule is CCI.F. The van der Waals surface area contributed by atoms with Gasteiger partial charge < -0.3 is 0 Å². The summed E-state index contributed by atoms with van der Waals surface area (Å²) < 4.78 is 1.22. The van der Waals surface area contributed by atoms with Gasteiger partial charge >= 0.3 is 0 Å². The van der Waals surface area contributed by atoms with Gasteiger partial charge in [-0.2, -0.15) is 0 Å². The molecule has 28 valence electrons. The molecule has 0 unspecified atom stereocenters. The average molecular weight is 176 g/mol. The van der Waals surface area contributed by atoms with Crippen molar-refractivity contribution in [3.05, 3.63) is 0 Å². The van der Waals surface area contributed by atoms with Crippen LogP contribution in [-0.4, -0.2) is 4.43 Å². The van der Waals surface area contributed by atoms with Crippen LogP contribution in [0.25, 0.3) is 0 Å². The van der Waals surface area contributed by atoms with Crippen molar-refractivity contribution in [1.29, 1.82) is 0 Å². The quantitative estimate of drug-likeness (QED) is 0.388. The molecular weight excluding hydrogens is 170 g/mol. The van der Waals surface area contributed by atoms with Gasteiger partial charge in [-0.05, 0) is 4.43 Å². The molecule has 0 aromatic carbocycles. The topological polar surface area (TPSA) is 0 Å². The summed E-state index contributed by atoms with van der Waals surface area (Å²) in [6.45, 7) is 2.11. The number of hydrogen-bond donors (Lipinski definition) is 0. The average Bonchev–Trinajstić information content (AvgIpc) is 0.918. The standard InChI is InChI=1S/C2H5I.FH/c1-2-3;/h2H2,1H3;1H. The third kappa shape index (κ3) is 16.8. The van der Waals surface area contributed by atoms with Gasteiger partial charge in [0.15, 0.2) is 0 Å². The van der Waals surface area contributed by atoms with Crippen LogP contribution in [0.2, 0.25) is 0 Å². The summed E-state index contributed by atoms with van der Waals surface area (Å²) in [6, 6.07) is 0. The Morgan fingerprint density at radius 2 is 1.75 bits per heavy atom. The Bertz CT molecular complexity index is 6.00. The van der Waals surface area contributed by atoms with Gasteiger partial charge in [0.05, 0.1) is 0 Å². The van der Waals surface area contributed by atoms with Crippen molar-refractivity contribution in [2.75, 3.05) is 4.43 Å². The zero-order chi connectivity index (χ0) is 2.71. The van der Waals surface area contributed by atoms with Crippen molar-refractivity contribution in [1.82, 2.24) is 0 Å². The summed E-state index contributed by atoms with van der Waals surface area (Å²) >= 11 is 2.29.